The largest absolute Gasteiger partial charge is 0.368 e. The van der Waals surface area contributed by atoms with Crippen molar-refractivity contribution in [1.82, 2.24) is 15.3 Å². The van der Waals surface area contributed by atoms with Crippen LogP contribution in [0.1, 0.15) is 16.7 Å². The zero-order chi connectivity index (χ0) is 20.0. The van der Waals surface area contributed by atoms with Crippen LogP contribution in [0, 0.1) is 10.1 Å². The molecule has 1 aromatic carbocycles. The summed E-state index contributed by atoms with van der Waals surface area (Å²) in [5, 5.41) is 14.8. The van der Waals surface area contributed by atoms with Crippen molar-refractivity contribution in [1.29, 1.82) is 0 Å². The fraction of sp³-hybridized carbons (Fsp3) is 0.150. The van der Waals surface area contributed by atoms with Gasteiger partial charge in [0.15, 0.2) is 0 Å². The number of hydrogen-bond donors (Lipinski definition) is 2. The van der Waals surface area contributed by atoms with E-state index < -0.39 is 16.4 Å². The number of nitro groups is 1. The molecule has 1 amide bonds. The average molecular weight is 377 g/mol. The van der Waals surface area contributed by atoms with E-state index in [4.69, 9.17) is 5.73 Å². The number of nitrogens with one attached hydrogen (secondary N) is 1. The fourth-order valence-corrected chi connectivity index (χ4v) is 3.11. The first kappa shape index (κ1) is 19.1. The van der Waals surface area contributed by atoms with Crippen LogP contribution in [0.4, 0.5) is 5.69 Å². The molecule has 28 heavy (non-hydrogen) atoms. The third-order valence-electron chi connectivity index (χ3n) is 4.54. The van der Waals surface area contributed by atoms with Gasteiger partial charge >= 0.3 is 0 Å². The van der Waals surface area contributed by atoms with Gasteiger partial charge in [-0.2, -0.15) is 0 Å². The Morgan fingerprint density at radius 2 is 1.57 bits per heavy atom. The number of carbonyl (C=O) groups is 1. The molecule has 0 saturated carbocycles. The van der Waals surface area contributed by atoms with Crippen LogP contribution in [0.5, 0.6) is 0 Å². The Hall–Kier alpha value is -3.65. The number of primary amides is 1. The summed E-state index contributed by atoms with van der Waals surface area (Å²) >= 11 is 0. The summed E-state index contributed by atoms with van der Waals surface area (Å²) in [6.45, 7) is 0.280. The Kier molecular flexibility index (Phi) is 5.71. The van der Waals surface area contributed by atoms with E-state index in [1.807, 2.05) is 0 Å². The maximum Gasteiger partial charge on any atom is 0.275 e. The average Bonchev–Trinajstić information content (AvgIpc) is 2.72. The highest BCUT2D eigenvalue weighted by Gasteiger charge is 2.42. The van der Waals surface area contributed by atoms with Crippen molar-refractivity contribution < 1.29 is 9.72 Å². The summed E-state index contributed by atoms with van der Waals surface area (Å²) in [5.41, 5.74) is 6.05. The van der Waals surface area contributed by atoms with Crippen molar-refractivity contribution >= 4 is 11.6 Å². The molecule has 0 aliphatic heterocycles. The van der Waals surface area contributed by atoms with Crippen LogP contribution in [0.2, 0.25) is 0 Å². The van der Waals surface area contributed by atoms with Crippen molar-refractivity contribution in [3.05, 3.63) is 100 Å². The molecule has 3 rings (SSSR count). The van der Waals surface area contributed by atoms with Crippen molar-refractivity contribution in [2.75, 3.05) is 0 Å². The first-order valence-electron chi connectivity index (χ1n) is 8.59. The first-order chi connectivity index (χ1) is 13.5. The third kappa shape index (κ3) is 4.02. The molecule has 3 N–H and O–H groups in total. The lowest BCUT2D eigenvalue weighted by Crippen LogP contribution is -2.54. The molecule has 3 aromatic rings. The minimum Gasteiger partial charge on any atom is -0.368 e. The highest BCUT2D eigenvalue weighted by atomic mass is 16.6. The Bertz CT molecular complexity index is 966. The van der Waals surface area contributed by atoms with Gasteiger partial charge < -0.3 is 5.73 Å². The Balaban J connectivity index is 2.10. The van der Waals surface area contributed by atoms with E-state index in [1.165, 1.54) is 6.07 Å². The molecular weight excluding hydrogens is 358 g/mol. The molecule has 8 heteroatoms. The highest BCUT2D eigenvalue weighted by molar-refractivity contribution is 5.88. The summed E-state index contributed by atoms with van der Waals surface area (Å²) in [4.78, 5) is 31.8. The molecule has 0 saturated heterocycles. The van der Waals surface area contributed by atoms with Crippen LogP contribution in [0.25, 0.3) is 0 Å². The molecule has 8 nitrogen and oxygen atoms in total. The van der Waals surface area contributed by atoms with Gasteiger partial charge in [0.1, 0.15) is 5.54 Å². The van der Waals surface area contributed by atoms with Crippen molar-refractivity contribution in [2.45, 2.75) is 18.5 Å². The number of amides is 1. The standard InChI is InChI=1S/C20H19N5O3/c21-19(26)20(13-15-5-9-22-10-6-15,24-14-16-7-11-23-12-8-16)17-3-1-2-4-18(17)25(27)28/h1-12,24H,13-14H2,(H2,21,26). The molecule has 0 spiro atoms. The Labute approximate surface area is 161 Å². The van der Waals surface area contributed by atoms with Crippen LogP contribution in [0.15, 0.2) is 73.3 Å². The topological polar surface area (TPSA) is 124 Å². The number of rotatable bonds is 8. The van der Waals surface area contributed by atoms with Gasteiger partial charge in [-0.3, -0.25) is 30.2 Å². The predicted molar refractivity (Wildman–Crippen MR) is 103 cm³/mol. The minimum absolute atomic E-state index is 0.140. The second-order valence-electron chi connectivity index (χ2n) is 6.29. The van der Waals surface area contributed by atoms with E-state index in [1.54, 1.807) is 67.3 Å². The van der Waals surface area contributed by atoms with E-state index >= 15 is 0 Å². The van der Waals surface area contributed by atoms with E-state index in [0.717, 1.165) is 11.1 Å². The van der Waals surface area contributed by atoms with Gasteiger partial charge in [-0.15, -0.1) is 0 Å². The van der Waals surface area contributed by atoms with E-state index in [0.29, 0.717) is 0 Å². The maximum atomic E-state index is 12.7. The van der Waals surface area contributed by atoms with Crippen LogP contribution in [-0.4, -0.2) is 20.8 Å². The smallest absolute Gasteiger partial charge is 0.275 e. The number of pyridine rings is 2. The fourth-order valence-electron chi connectivity index (χ4n) is 3.11. The van der Waals surface area contributed by atoms with Gasteiger partial charge in [0, 0.05) is 43.8 Å². The number of para-hydroxylation sites is 1. The zero-order valence-electron chi connectivity index (χ0n) is 15.0. The molecule has 0 fully saturated rings. The maximum absolute atomic E-state index is 12.7. The Morgan fingerprint density at radius 1 is 1.00 bits per heavy atom. The third-order valence-corrected chi connectivity index (χ3v) is 4.54. The molecule has 2 aromatic heterocycles. The van der Waals surface area contributed by atoms with Gasteiger partial charge in [0.05, 0.1) is 10.5 Å². The summed E-state index contributed by atoms with van der Waals surface area (Å²) in [5.74, 6) is -0.701. The quantitative estimate of drug-likeness (QED) is 0.458. The molecule has 0 aliphatic carbocycles. The summed E-state index contributed by atoms with van der Waals surface area (Å²) in [7, 11) is 0. The SMILES string of the molecule is NC(=O)C(Cc1ccncc1)(NCc1ccncc1)c1ccccc1[N+](=O)[O-]. The minimum atomic E-state index is -1.48. The molecule has 142 valence electrons. The van der Waals surface area contributed by atoms with Crippen LogP contribution in [0.3, 0.4) is 0 Å². The summed E-state index contributed by atoms with van der Waals surface area (Å²) in [6, 6.07) is 13.2. The van der Waals surface area contributed by atoms with Gasteiger partial charge in [-0.25, -0.2) is 0 Å². The predicted octanol–water partition coefficient (Wildman–Crippen LogP) is 2.10. The molecule has 0 radical (unpaired) electrons. The van der Waals surface area contributed by atoms with Gasteiger partial charge in [0.2, 0.25) is 5.91 Å². The number of aromatic nitrogens is 2. The molecular formula is C20H19N5O3. The molecule has 1 atom stereocenters. The zero-order valence-corrected chi connectivity index (χ0v) is 15.0. The number of carbonyl (C=O) groups excluding carboxylic acids is 1. The summed E-state index contributed by atoms with van der Waals surface area (Å²) < 4.78 is 0. The number of benzene rings is 1. The molecule has 2 heterocycles. The van der Waals surface area contributed by atoms with Crippen molar-refractivity contribution in [3.63, 3.8) is 0 Å². The molecule has 0 bridgehead atoms. The number of nitrogens with two attached hydrogens (primary N) is 1. The normalized spacial score (nSPS) is 12.9. The second-order valence-corrected chi connectivity index (χ2v) is 6.29. The highest BCUT2D eigenvalue weighted by Crippen LogP contribution is 2.33. The lowest BCUT2D eigenvalue weighted by Gasteiger charge is -2.32. The van der Waals surface area contributed by atoms with Crippen molar-refractivity contribution in [2.24, 2.45) is 5.73 Å². The number of nitro benzene ring substituents is 1. The molecule has 0 aliphatic rings. The van der Waals surface area contributed by atoms with E-state index in [2.05, 4.69) is 15.3 Å². The number of nitrogens with zero attached hydrogens (tertiary/aromatic N) is 3. The van der Waals surface area contributed by atoms with Crippen molar-refractivity contribution in [3.8, 4) is 0 Å². The van der Waals surface area contributed by atoms with Crippen LogP contribution in [-0.2, 0) is 23.3 Å². The lowest BCUT2D eigenvalue weighted by molar-refractivity contribution is -0.386. The number of hydrogen-bond acceptors (Lipinski definition) is 6. The summed E-state index contributed by atoms with van der Waals surface area (Å²) in [6.07, 6.45) is 6.61. The first-order valence-corrected chi connectivity index (χ1v) is 8.59. The molecule has 1 unspecified atom stereocenters. The van der Waals surface area contributed by atoms with E-state index in [-0.39, 0.29) is 24.2 Å². The van der Waals surface area contributed by atoms with Crippen LogP contribution >= 0.6 is 0 Å². The lowest BCUT2D eigenvalue weighted by atomic mass is 9.82. The van der Waals surface area contributed by atoms with Gasteiger partial charge in [-0.05, 0) is 41.5 Å². The van der Waals surface area contributed by atoms with Gasteiger partial charge in [0.25, 0.3) is 5.69 Å². The monoisotopic (exact) mass is 377 g/mol. The van der Waals surface area contributed by atoms with E-state index in [9.17, 15) is 14.9 Å². The Morgan fingerprint density at radius 3 is 2.14 bits per heavy atom. The van der Waals surface area contributed by atoms with Gasteiger partial charge in [-0.1, -0.05) is 12.1 Å². The second kappa shape index (κ2) is 8.36. The van der Waals surface area contributed by atoms with Crippen LogP contribution < -0.4 is 11.1 Å².